The molecular formula is C14H15N3O. The van der Waals surface area contributed by atoms with E-state index < -0.39 is 0 Å². The summed E-state index contributed by atoms with van der Waals surface area (Å²) in [7, 11) is 2.02. The number of aryl methyl sites for hydroxylation is 1. The Balaban J connectivity index is 1.97. The summed E-state index contributed by atoms with van der Waals surface area (Å²) < 4.78 is 7.74. The molecule has 1 aliphatic rings. The molecule has 0 bridgehead atoms. The van der Waals surface area contributed by atoms with Gasteiger partial charge < -0.3 is 9.30 Å². The van der Waals surface area contributed by atoms with Crippen molar-refractivity contribution in [3.63, 3.8) is 0 Å². The van der Waals surface area contributed by atoms with Gasteiger partial charge in [-0.3, -0.25) is 0 Å². The van der Waals surface area contributed by atoms with Crippen LogP contribution < -0.4 is 0 Å². The molecule has 92 valence electrons. The van der Waals surface area contributed by atoms with Crippen LogP contribution in [0.1, 0.15) is 24.2 Å². The molecule has 0 radical (unpaired) electrons. The van der Waals surface area contributed by atoms with Crippen molar-refractivity contribution in [2.75, 3.05) is 6.61 Å². The highest BCUT2D eigenvalue weighted by molar-refractivity contribution is 5.77. The molecule has 3 rings (SSSR count). The van der Waals surface area contributed by atoms with Crippen LogP contribution in [0.4, 0.5) is 0 Å². The van der Waals surface area contributed by atoms with Gasteiger partial charge in [-0.1, -0.05) is 0 Å². The molecule has 1 atom stereocenters. The summed E-state index contributed by atoms with van der Waals surface area (Å²) in [6.07, 6.45) is 3.42. The minimum absolute atomic E-state index is 0.302. The quantitative estimate of drug-likeness (QED) is 0.809. The molecule has 1 unspecified atom stereocenters. The number of nitrogens with zero attached hydrogens (tertiary/aromatic N) is 3. The van der Waals surface area contributed by atoms with Gasteiger partial charge in [0.25, 0.3) is 0 Å². The second-order valence-electron chi connectivity index (χ2n) is 4.74. The number of ether oxygens (including phenoxy) is 1. The molecule has 0 spiro atoms. The van der Waals surface area contributed by atoms with E-state index in [0.29, 0.717) is 11.7 Å². The predicted molar refractivity (Wildman–Crippen MR) is 68.1 cm³/mol. The van der Waals surface area contributed by atoms with E-state index in [2.05, 4.69) is 15.6 Å². The first-order chi connectivity index (χ1) is 8.78. The first kappa shape index (κ1) is 11.2. The van der Waals surface area contributed by atoms with Gasteiger partial charge in [0.1, 0.15) is 5.82 Å². The lowest BCUT2D eigenvalue weighted by molar-refractivity contribution is 0.109. The highest BCUT2D eigenvalue weighted by Crippen LogP contribution is 2.21. The maximum Gasteiger partial charge on any atom is 0.112 e. The van der Waals surface area contributed by atoms with E-state index in [1.165, 1.54) is 0 Å². The predicted octanol–water partition coefficient (Wildman–Crippen LogP) is 2.17. The number of hydrogen-bond acceptors (Lipinski definition) is 3. The zero-order valence-corrected chi connectivity index (χ0v) is 10.4. The largest absolute Gasteiger partial charge is 0.378 e. The molecule has 4 nitrogen and oxygen atoms in total. The van der Waals surface area contributed by atoms with Crippen LogP contribution in [-0.2, 0) is 18.2 Å². The van der Waals surface area contributed by atoms with Crippen LogP contribution >= 0.6 is 0 Å². The van der Waals surface area contributed by atoms with Gasteiger partial charge >= 0.3 is 0 Å². The summed E-state index contributed by atoms with van der Waals surface area (Å²) in [5.41, 5.74) is 2.62. The zero-order chi connectivity index (χ0) is 12.5. The maximum absolute atomic E-state index is 8.90. The lowest BCUT2D eigenvalue weighted by Gasteiger charge is -2.08. The number of fused-ring (bicyclic) bond motifs is 1. The fraction of sp³-hybridized carbons (Fsp3) is 0.429. The van der Waals surface area contributed by atoms with Gasteiger partial charge in [0.15, 0.2) is 0 Å². The van der Waals surface area contributed by atoms with Gasteiger partial charge in [-0.2, -0.15) is 5.26 Å². The number of imidazole rings is 1. The van der Waals surface area contributed by atoms with Crippen molar-refractivity contribution >= 4 is 11.0 Å². The third-order valence-corrected chi connectivity index (χ3v) is 3.54. The maximum atomic E-state index is 8.90. The Morgan fingerprint density at radius 1 is 1.56 bits per heavy atom. The summed E-state index contributed by atoms with van der Waals surface area (Å²) in [6.45, 7) is 0.868. The Morgan fingerprint density at radius 2 is 2.44 bits per heavy atom. The van der Waals surface area contributed by atoms with Crippen molar-refractivity contribution in [1.82, 2.24) is 9.55 Å². The topological polar surface area (TPSA) is 50.8 Å². The van der Waals surface area contributed by atoms with Gasteiger partial charge in [0.05, 0.1) is 28.8 Å². The number of hydrogen-bond donors (Lipinski definition) is 0. The first-order valence-corrected chi connectivity index (χ1v) is 6.25. The Hall–Kier alpha value is -1.86. The van der Waals surface area contributed by atoms with Crippen LogP contribution in [0.3, 0.4) is 0 Å². The number of benzene rings is 1. The molecule has 2 heterocycles. The standard InChI is InChI=1S/C14H15N3O/c1-17-13-5-4-10(9-15)7-12(13)16-14(17)8-11-3-2-6-18-11/h4-5,7,11H,2-3,6,8H2,1H3. The molecule has 0 saturated carbocycles. The van der Waals surface area contributed by atoms with Crippen LogP contribution in [0, 0.1) is 11.3 Å². The average Bonchev–Trinajstić information content (AvgIpc) is 2.99. The Morgan fingerprint density at radius 3 is 3.17 bits per heavy atom. The molecule has 0 amide bonds. The minimum Gasteiger partial charge on any atom is -0.378 e. The molecule has 1 saturated heterocycles. The van der Waals surface area contributed by atoms with E-state index in [1.807, 2.05) is 25.2 Å². The molecule has 4 heteroatoms. The van der Waals surface area contributed by atoms with Crippen LogP contribution in [0.5, 0.6) is 0 Å². The molecule has 1 fully saturated rings. The SMILES string of the molecule is Cn1c(CC2CCCO2)nc2cc(C#N)ccc21. The van der Waals surface area contributed by atoms with Gasteiger partial charge in [-0.25, -0.2) is 4.98 Å². The van der Waals surface area contributed by atoms with Crippen molar-refractivity contribution in [3.8, 4) is 6.07 Å². The van der Waals surface area contributed by atoms with E-state index in [4.69, 9.17) is 10.00 Å². The molecule has 0 aliphatic carbocycles. The van der Waals surface area contributed by atoms with Crippen molar-refractivity contribution in [1.29, 1.82) is 5.26 Å². The van der Waals surface area contributed by atoms with E-state index in [1.54, 1.807) is 0 Å². The first-order valence-electron chi connectivity index (χ1n) is 6.25. The van der Waals surface area contributed by atoms with Crippen LogP contribution in [0.25, 0.3) is 11.0 Å². The zero-order valence-electron chi connectivity index (χ0n) is 10.4. The van der Waals surface area contributed by atoms with Crippen LogP contribution in [0.15, 0.2) is 18.2 Å². The molecular weight excluding hydrogens is 226 g/mol. The van der Waals surface area contributed by atoms with E-state index >= 15 is 0 Å². The second kappa shape index (κ2) is 4.43. The van der Waals surface area contributed by atoms with Crippen molar-refractivity contribution in [2.45, 2.75) is 25.4 Å². The highest BCUT2D eigenvalue weighted by atomic mass is 16.5. The summed E-state index contributed by atoms with van der Waals surface area (Å²) in [4.78, 5) is 4.62. The Labute approximate surface area is 106 Å². The van der Waals surface area contributed by atoms with E-state index in [9.17, 15) is 0 Å². The monoisotopic (exact) mass is 241 g/mol. The van der Waals surface area contributed by atoms with Gasteiger partial charge in [-0.05, 0) is 31.0 Å². The average molecular weight is 241 g/mol. The number of aromatic nitrogens is 2. The number of nitriles is 1. The normalized spacial score (nSPS) is 19.2. The Bertz CT molecular complexity index is 618. The molecule has 2 aromatic rings. The molecule has 1 aromatic carbocycles. The van der Waals surface area contributed by atoms with Crippen molar-refractivity contribution in [3.05, 3.63) is 29.6 Å². The second-order valence-corrected chi connectivity index (χ2v) is 4.74. The fourth-order valence-corrected chi connectivity index (χ4v) is 2.51. The highest BCUT2D eigenvalue weighted by Gasteiger charge is 2.19. The summed E-state index contributed by atoms with van der Waals surface area (Å²) >= 11 is 0. The van der Waals surface area contributed by atoms with Gasteiger partial charge in [-0.15, -0.1) is 0 Å². The van der Waals surface area contributed by atoms with Crippen molar-refractivity contribution in [2.24, 2.45) is 7.05 Å². The lowest BCUT2D eigenvalue weighted by atomic mass is 10.2. The molecule has 1 aliphatic heterocycles. The van der Waals surface area contributed by atoms with E-state index in [-0.39, 0.29) is 0 Å². The molecule has 1 aromatic heterocycles. The third kappa shape index (κ3) is 1.87. The van der Waals surface area contributed by atoms with Gasteiger partial charge in [0, 0.05) is 20.1 Å². The van der Waals surface area contributed by atoms with E-state index in [0.717, 1.165) is 42.7 Å². The van der Waals surface area contributed by atoms with Crippen molar-refractivity contribution < 1.29 is 4.74 Å². The molecule has 18 heavy (non-hydrogen) atoms. The molecule has 0 N–H and O–H groups in total. The van der Waals surface area contributed by atoms with Crippen LogP contribution in [0.2, 0.25) is 0 Å². The third-order valence-electron chi connectivity index (χ3n) is 3.54. The summed E-state index contributed by atoms with van der Waals surface area (Å²) in [5, 5.41) is 8.90. The number of rotatable bonds is 2. The minimum atomic E-state index is 0.302. The lowest BCUT2D eigenvalue weighted by Crippen LogP contribution is -2.12. The van der Waals surface area contributed by atoms with Gasteiger partial charge in [0.2, 0.25) is 0 Å². The summed E-state index contributed by atoms with van der Waals surface area (Å²) in [5.74, 6) is 1.03. The fourth-order valence-electron chi connectivity index (χ4n) is 2.51. The smallest absolute Gasteiger partial charge is 0.112 e. The van der Waals surface area contributed by atoms with Crippen LogP contribution in [-0.4, -0.2) is 22.3 Å². The summed E-state index contributed by atoms with van der Waals surface area (Å²) in [6, 6.07) is 7.78. The Kier molecular flexibility index (Phi) is 2.77.